The lowest BCUT2D eigenvalue weighted by molar-refractivity contribution is -0.134. The highest BCUT2D eigenvalue weighted by Crippen LogP contribution is 2.12. The van der Waals surface area contributed by atoms with Gasteiger partial charge in [0.2, 0.25) is 5.91 Å². The molecule has 0 aliphatic carbocycles. The Balaban J connectivity index is 1.94. The van der Waals surface area contributed by atoms with Crippen molar-refractivity contribution < 1.29 is 4.79 Å². The van der Waals surface area contributed by atoms with Crippen molar-refractivity contribution >= 4 is 17.2 Å². The fraction of sp³-hybridized carbons (Fsp3) is 0.389. The van der Waals surface area contributed by atoms with Crippen LogP contribution in [0.4, 0.5) is 0 Å². The molecule has 22 heavy (non-hydrogen) atoms. The van der Waals surface area contributed by atoms with E-state index in [9.17, 15) is 4.79 Å². The minimum Gasteiger partial charge on any atom is -0.335 e. The summed E-state index contributed by atoms with van der Waals surface area (Å²) in [4.78, 5) is 17.9. The number of hydrogen-bond acceptors (Lipinski definition) is 3. The second-order valence-corrected chi connectivity index (χ2v) is 6.88. The van der Waals surface area contributed by atoms with Crippen LogP contribution in [0.3, 0.4) is 0 Å². The second kappa shape index (κ2) is 8.11. The van der Waals surface area contributed by atoms with Gasteiger partial charge in [-0.15, -0.1) is 11.3 Å². The van der Waals surface area contributed by atoms with Crippen LogP contribution in [0, 0.1) is 0 Å². The summed E-state index contributed by atoms with van der Waals surface area (Å²) in [7, 11) is 2.00. The molecule has 1 aromatic carbocycles. The van der Waals surface area contributed by atoms with E-state index in [0.29, 0.717) is 13.1 Å². The number of rotatable bonds is 7. The van der Waals surface area contributed by atoms with Crippen LogP contribution < -0.4 is 0 Å². The quantitative estimate of drug-likeness (QED) is 0.779. The molecule has 0 aliphatic heterocycles. The van der Waals surface area contributed by atoms with Crippen molar-refractivity contribution in [3.8, 4) is 0 Å². The summed E-state index contributed by atoms with van der Waals surface area (Å²) in [5.74, 6) is 0.179. The van der Waals surface area contributed by atoms with E-state index in [1.54, 1.807) is 11.3 Å². The number of nitrogens with zero attached hydrogens (tertiary/aromatic N) is 2. The van der Waals surface area contributed by atoms with Crippen LogP contribution >= 0.6 is 11.3 Å². The summed E-state index contributed by atoms with van der Waals surface area (Å²) >= 11 is 1.73. The number of benzene rings is 1. The topological polar surface area (TPSA) is 23.6 Å². The lowest BCUT2D eigenvalue weighted by Crippen LogP contribution is -2.42. The molecular weight excluding hydrogens is 292 g/mol. The Kier molecular flexibility index (Phi) is 6.16. The molecule has 0 atom stereocenters. The highest BCUT2D eigenvalue weighted by molar-refractivity contribution is 7.09. The minimum absolute atomic E-state index is 0.179. The summed E-state index contributed by atoms with van der Waals surface area (Å²) in [6.07, 6.45) is 0. The molecular formula is C18H24N2OS. The molecule has 118 valence electrons. The molecule has 2 aromatic rings. The minimum atomic E-state index is 0.179. The van der Waals surface area contributed by atoms with E-state index in [-0.39, 0.29) is 11.9 Å². The van der Waals surface area contributed by atoms with Gasteiger partial charge in [0.15, 0.2) is 0 Å². The highest BCUT2D eigenvalue weighted by Gasteiger charge is 2.19. The first-order valence-corrected chi connectivity index (χ1v) is 8.48. The number of likely N-dealkylation sites (N-methyl/N-ethyl adjacent to an activating group) is 1. The Morgan fingerprint density at radius 2 is 1.82 bits per heavy atom. The molecule has 0 unspecified atom stereocenters. The van der Waals surface area contributed by atoms with Gasteiger partial charge in [0.25, 0.3) is 0 Å². The van der Waals surface area contributed by atoms with Crippen molar-refractivity contribution in [3.05, 3.63) is 58.3 Å². The lowest BCUT2D eigenvalue weighted by Gasteiger charge is -2.29. The summed E-state index contributed by atoms with van der Waals surface area (Å²) in [5.41, 5.74) is 1.17. The van der Waals surface area contributed by atoms with Crippen molar-refractivity contribution in [3.63, 3.8) is 0 Å². The number of hydrogen-bond donors (Lipinski definition) is 0. The van der Waals surface area contributed by atoms with Gasteiger partial charge in [-0.05, 0) is 37.9 Å². The third-order valence-corrected chi connectivity index (χ3v) is 4.41. The monoisotopic (exact) mass is 316 g/mol. The summed E-state index contributed by atoms with van der Waals surface area (Å²) in [6.45, 7) is 6.08. The third-order valence-electron chi connectivity index (χ3n) is 3.55. The molecule has 4 heteroatoms. The molecule has 0 saturated carbocycles. The first kappa shape index (κ1) is 16.7. The van der Waals surface area contributed by atoms with Gasteiger partial charge in [0, 0.05) is 24.0 Å². The zero-order chi connectivity index (χ0) is 15.9. The maximum Gasteiger partial charge on any atom is 0.237 e. The van der Waals surface area contributed by atoms with Gasteiger partial charge >= 0.3 is 0 Å². The predicted molar refractivity (Wildman–Crippen MR) is 92.8 cm³/mol. The maximum atomic E-state index is 12.6. The van der Waals surface area contributed by atoms with E-state index in [2.05, 4.69) is 42.3 Å². The van der Waals surface area contributed by atoms with Gasteiger partial charge in [0.1, 0.15) is 0 Å². The van der Waals surface area contributed by atoms with Gasteiger partial charge in [-0.3, -0.25) is 9.69 Å². The number of carbonyl (C=O) groups excluding carboxylic acids is 1. The molecule has 2 rings (SSSR count). The molecule has 0 saturated heterocycles. The Labute approximate surface area is 137 Å². The van der Waals surface area contributed by atoms with Crippen molar-refractivity contribution in [2.75, 3.05) is 13.6 Å². The standard InChI is InChI=1S/C18H24N2OS/c1-15(2)20(12-16-8-5-4-6-9-16)18(21)14-19(3)13-17-10-7-11-22-17/h4-11,15H,12-14H2,1-3H3. The number of amides is 1. The molecule has 3 nitrogen and oxygen atoms in total. The van der Waals surface area contributed by atoms with Crippen LogP contribution in [0.2, 0.25) is 0 Å². The van der Waals surface area contributed by atoms with Gasteiger partial charge in [-0.25, -0.2) is 0 Å². The maximum absolute atomic E-state index is 12.6. The molecule has 0 fully saturated rings. The molecule has 0 bridgehead atoms. The largest absolute Gasteiger partial charge is 0.335 e. The molecule has 1 amide bonds. The first-order chi connectivity index (χ1) is 10.6. The average molecular weight is 316 g/mol. The van der Waals surface area contributed by atoms with E-state index in [1.165, 1.54) is 10.4 Å². The SMILES string of the molecule is CC(C)N(Cc1ccccc1)C(=O)CN(C)Cc1cccs1. The molecule has 1 heterocycles. The summed E-state index contributed by atoms with van der Waals surface area (Å²) < 4.78 is 0. The lowest BCUT2D eigenvalue weighted by atomic mass is 10.2. The zero-order valence-corrected chi connectivity index (χ0v) is 14.3. The van der Waals surface area contributed by atoms with E-state index >= 15 is 0 Å². The third kappa shape index (κ3) is 4.97. The molecule has 0 spiro atoms. The average Bonchev–Trinajstić information content (AvgIpc) is 2.98. The first-order valence-electron chi connectivity index (χ1n) is 7.60. The predicted octanol–water partition coefficient (Wildman–Crippen LogP) is 3.62. The Morgan fingerprint density at radius 3 is 2.41 bits per heavy atom. The van der Waals surface area contributed by atoms with E-state index in [0.717, 1.165) is 6.54 Å². The van der Waals surface area contributed by atoms with Crippen LogP contribution in [-0.2, 0) is 17.9 Å². The van der Waals surface area contributed by atoms with Crippen molar-refractivity contribution in [2.45, 2.75) is 33.0 Å². The van der Waals surface area contributed by atoms with E-state index < -0.39 is 0 Å². The fourth-order valence-corrected chi connectivity index (χ4v) is 3.17. The van der Waals surface area contributed by atoms with Crippen LogP contribution in [0.25, 0.3) is 0 Å². The normalized spacial score (nSPS) is 11.1. The Hall–Kier alpha value is -1.65. The van der Waals surface area contributed by atoms with E-state index in [4.69, 9.17) is 0 Å². The van der Waals surface area contributed by atoms with E-state index in [1.807, 2.05) is 36.2 Å². The van der Waals surface area contributed by atoms with Crippen LogP contribution in [0.15, 0.2) is 47.8 Å². The van der Waals surface area contributed by atoms with Gasteiger partial charge < -0.3 is 4.90 Å². The molecule has 0 N–H and O–H groups in total. The fourth-order valence-electron chi connectivity index (χ4n) is 2.39. The van der Waals surface area contributed by atoms with Gasteiger partial charge in [-0.2, -0.15) is 0 Å². The zero-order valence-electron chi connectivity index (χ0n) is 13.5. The molecule has 0 aliphatic rings. The van der Waals surface area contributed by atoms with Gasteiger partial charge in [0.05, 0.1) is 6.54 Å². The van der Waals surface area contributed by atoms with Gasteiger partial charge in [-0.1, -0.05) is 36.4 Å². The highest BCUT2D eigenvalue weighted by atomic mass is 32.1. The smallest absolute Gasteiger partial charge is 0.237 e. The Bertz CT molecular complexity index is 566. The van der Waals surface area contributed by atoms with Crippen molar-refractivity contribution in [1.82, 2.24) is 9.80 Å². The van der Waals surface area contributed by atoms with Crippen LogP contribution in [0.1, 0.15) is 24.3 Å². The molecule has 1 aromatic heterocycles. The second-order valence-electron chi connectivity index (χ2n) is 5.85. The van der Waals surface area contributed by atoms with Crippen LogP contribution in [-0.4, -0.2) is 35.3 Å². The van der Waals surface area contributed by atoms with Crippen molar-refractivity contribution in [1.29, 1.82) is 0 Å². The summed E-state index contributed by atoms with van der Waals surface area (Å²) in [5, 5.41) is 2.07. The molecule has 0 radical (unpaired) electrons. The van der Waals surface area contributed by atoms with Crippen molar-refractivity contribution in [2.24, 2.45) is 0 Å². The Morgan fingerprint density at radius 1 is 1.09 bits per heavy atom. The van der Waals surface area contributed by atoms with Crippen LogP contribution in [0.5, 0.6) is 0 Å². The number of thiophene rings is 1. The number of carbonyl (C=O) groups is 1. The summed E-state index contributed by atoms with van der Waals surface area (Å²) in [6, 6.07) is 14.5.